The lowest BCUT2D eigenvalue weighted by Crippen LogP contribution is -2.57. The third kappa shape index (κ3) is 3.15. The van der Waals surface area contributed by atoms with Crippen LogP contribution in [0.3, 0.4) is 0 Å². The van der Waals surface area contributed by atoms with Gasteiger partial charge in [-0.1, -0.05) is 6.07 Å². The topological polar surface area (TPSA) is 127 Å². The third-order valence-electron chi connectivity index (χ3n) is 7.05. The fourth-order valence-electron chi connectivity index (χ4n) is 5.02. The first-order valence-electron chi connectivity index (χ1n) is 10.9. The van der Waals surface area contributed by atoms with E-state index in [0.29, 0.717) is 41.3 Å². The molecule has 0 fully saturated rings. The van der Waals surface area contributed by atoms with Crippen molar-refractivity contribution in [2.45, 2.75) is 50.9 Å². The third-order valence-corrected chi connectivity index (χ3v) is 9.08. The van der Waals surface area contributed by atoms with Crippen LogP contribution in [0.15, 0.2) is 23.2 Å². The number of carbonyl (C=O) groups is 1. The maximum absolute atomic E-state index is 13.6. The molecule has 0 aliphatic carbocycles. The molecule has 5 rings (SSSR count). The lowest BCUT2D eigenvalue weighted by molar-refractivity contribution is -0.123. The number of carbonyl (C=O) groups excluding carboxylic acids is 1. The summed E-state index contributed by atoms with van der Waals surface area (Å²) in [6.45, 7) is 7.71. The summed E-state index contributed by atoms with van der Waals surface area (Å²) < 4.78 is 31.3. The van der Waals surface area contributed by atoms with Gasteiger partial charge in [-0.15, -0.1) is 0 Å². The summed E-state index contributed by atoms with van der Waals surface area (Å²) >= 11 is 0. The Morgan fingerprint density at radius 1 is 1.24 bits per heavy atom. The molecule has 10 heteroatoms. The number of nitrogens with two attached hydrogens (primary N) is 1. The highest BCUT2D eigenvalue weighted by atomic mass is 32.2. The number of nitrogens with one attached hydrogen (secondary N) is 1. The van der Waals surface area contributed by atoms with Gasteiger partial charge in [0.05, 0.1) is 40.7 Å². The van der Waals surface area contributed by atoms with Crippen molar-refractivity contribution in [3.63, 3.8) is 0 Å². The Bertz CT molecular complexity index is 1320. The van der Waals surface area contributed by atoms with E-state index in [0.717, 1.165) is 17.0 Å². The number of amides is 1. The van der Waals surface area contributed by atoms with Crippen molar-refractivity contribution in [1.82, 2.24) is 4.98 Å². The number of benzene rings is 1. The Kier molecular flexibility index (Phi) is 4.81. The number of aryl methyl sites for hydroxylation is 2. The second kappa shape index (κ2) is 7.26. The van der Waals surface area contributed by atoms with Crippen molar-refractivity contribution < 1.29 is 17.9 Å². The number of hydrogen-bond acceptors (Lipinski definition) is 8. The highest BCUT2D eigenvalue weighted by Crippen LogP contribution is 2.45. The summed E-state index contributed by atoms with van der Waals surface area (Å²) in [5.74, 6) is 6.53. The maximum atomic E-state index is 13.6. The van der Waals surface area contributed by atoms with Gasteiger partial charge in [0, 0.05) is 23.9 Å². The molecule has 174 valence electrons. The van der Waals surface area contributed by atoms with Crippen LogP contribution in [0, 0.1) is 20.8 Å². The molecule has 3 atom stereocenters. The van der Waals surface area contributed by atoms with Crippen molar-refractivity contribution in [3.05, 3.63) is 46.3 Å². The van der Waals surface area contributed by atoms with Crippen LogP contribution < -0.4 is 20.9 Å². The average Bonchev–Trinajstić information content (AvgIpc) is 2.96. The summed E-state index contributed by atoms with van der Waals surface area (Å²) in [5.41, 5.74) is 3.81. The molecule has 1 amide bonds. The van der Waals surface area contributed by atoms with Gasteiger partial charge in [0.25, 0.3) is 5.91 Å². The predicted molar refractivity (Wildman–Crippen MR) is 126 cm³/mol. The number of aliphatic imine (C=N–C) groups is 1. The molecule has 1 aromatic carbocycles. The van der Waals surface area contributed by atoms with Crippen molar-refractivity contribution in [2.75, 3.05) is 22.7 Å². The van der Waals surface area contributed by atoms with E-state index in [2.05, 4.69) is 15.3 Å². The average molecular weight is 470 g/mol. The second-order valence-corrected chi connectivity index (χ2v) is 11.4. The van der Waals surface area contributed by atoms with Crippen molar-refractivity contribution in [2.24, 2.45) is 10.8 Å². The molecule has 0 saturated carbocycles. The van der Waals surface area contributed by atoms with Crippen LogP contribution in [0.4, 0.5) is 11.4 Å². The molecule has 0 bridgehead atoms. The predicted octanol–water partition coefficient (Wildman–Crippen LogP) is 2.25. The minimum Gasteiger partial charge on any atom is -0.493 e. The van der Waals surface area contributed by atoms with Crippen LogP contribution >= 0.6 is 0 Å². The molecule has 3 aliphatic heterocycles. The van der Waals surface area contributed by atoms with Crippen LogP contribution in [-0.2, 0) is 20.2 Å². The van der Waals surface area contributed by atoms with Gasteiger partial charge in [0.2, 0.25) is 0 Å². The Morgan fingerprint density at radius 2 is 2.00 bits per heavy atom. The first kappa shape index (κ1) is 21.8. The molecule has 0 spiro atoms. The van der Waals surface area contributed by atoms with Gasteiger partial charge in [-0.25, -0.2) is 19.3 Å². The maximum Gasteiger partial charge on any atom is 0.271 e. The first-order chi connectivity index (χ1) is 15.5. The molecular weight excluding hydrogens is 442 g/mol. The largest absolute Gasteiger partial charge is 0.493 e. The summed E-state index contributed by atoms with van der Waals surface area (Å²) in [6.07, 6.45) is 1.83. The number of anilines is 2. The van der Waals surface area contributed by atoms with Crippen molar-refractivity contribution in [1.29, 1.82) is 0 Å². The Labute approximate surface area is 192 Å². The monoisotopic (exact) mass is 469 g/mol. The zero-order valence-corrected chi connectivity index (χ0v) is 19.9. The van der Waals surface area contributed by atoms with E-state index < -0.39 is 26.7 Å². The van der Waals surface area contributed by atoms with Crippen LogP contribution in [0.5, 0.6) is 5.75 Å². The number of hydrogen-bond donors (Lipinski definition) is 2. The molecule has 1 aromatic heterocycles. The number of ether oxygens (including phenoxy) is 1. The molecule has 3 aliphatic rings. The Balaban J connectivity index is 1.65. The van der Waals surface area contributed by atoms with Gasteiger partial charge in [0.1, 0.15) is 11.3 Å². The number of aromatic nitrogens is 1. The first-order valence-corrected chi connectivity index (χ1v) is 12.6. The fourth-order valence-corrected chi connectivity index (χ4v) is 6.62. The van der Waals surface area contributed by atoms with Gasteiger partial charge >= 0.3 is 0 Å². The normalized spacial score (nSPS) is 27.5. The van der Waals surface area contributed by atoms with Gasteiger partial charge < -0.3 is 10.1 Å². The van der Waals surface area contributed by atoms with Crippen molar-refractivity contribution in [3.8, 4) is 5.75 Å². The molecule has 4 heterocycles. The molecular formula is C23H27N5O4S. The van der Waals surface area contributed by atoms with Crippen molar-refractivity contribution >= 4 is 33.3 Å². The molecule has 33 heavy (non-hydrogen) atoms. The lowest BCUT2D eigenvalue weighted by atomic mass is 9.85. The number of fused-ring (bicyclic) bond motifs is 4. The van der Waals surface area contributed by atoms with Crippen LogP contribution in [0.25, 0.3) is 0 Å². The van der Waals surface area contributed by atoms with Gasteiger partial charge in [-0.05, 0) is 51.0 Å². The van der Waals surface area contributed by atoms with Crippen LogP contribution in [0.1, 0.15) is 47.5 Å². The number of pyridine rings is 1. The van der Waals surface area contributed by atoms with E-state index in [1.165, 1.54) is 11.2 Å². The Hall–Kier alpha value is -2.98. The number of nitrogens with zero attached hydrogens (tertiary/aromatic N) is 3. The van der Waals surface area contributed by atoms with Gasteiger partial charge in [-0.2, -0.15) is 0 Å². The molecule has 0 saturated heterocycles. The summed E-state index contributed by atoms with van der Waals surface area (Å²) in [5, 5.41) is 3.93. The zero-order chi connectivity index (χ0) is 23.7. The molecule has 2 aromatic rings. The highest BCUT2D eigenvalue weighted by molar-refractivity contribution is 7.92. The SMILES string of the molecule is Cc1nc(C)c2c(c1C)N(N)C(=O)C(C)(c1ccc3c(c1)C1N=CCS(=O)(=O)C1CCO3)N2. The standard InChI is InChI=1S/C23H27N5O4S/c1-12-13(2)26-14(3)19-21(12)28(24)22(29)23(4,27-19)15-5-6-17-16(11-15)20-18(7-9-32-17)33(30,31)10-8-25-20/h5-6,8,11,18,20,27H,7,9-10,24H2,1-4H3. The van der Waals surface area contributed by atoms with Crippen LogP contribution in [0.2, 0.25) is 0 Å². The molecule has 3 N–H and O–H groups in total. The Morgan fingerprint density at radius 3 is 2.76 bits per heavy atom. The van der Waals surface area contributed by atoms with E-state index in [1.807, 2.05) is 32.9 Å². The number of hydrazine groups is 1. The van der Waals surface area contributed by atoms with E-state index in [9.17, 15) is 13.2 Å². The highest BCUT2D eigenvalue weighted by Gasteiger charge is 2.46. The van der Waals surface area contributed by atoms with E-state index in [4.69, 9.17) is 10.6 Å². The minimum atomic E-state index is -3.32. The quantitative estimate of drug-likeness (QED) is 0.484. The van der Waals surface area contributed by atoms with E-state index in [1.54, 1.807) is 13.0 Å². The summed E-state index contributed by atoms with van der Waals surface area (Å²) in [4.78, 5) is 22.7. The van der Waals surface area contributed by atoms with Gasteiger partial charge in [0.15, 0.2) is 9.84 Å². The lowest BCUT2D eigenvalue weighted by Gasteiger charge is -2.41. The minimum absolute atomic E-state index is 0.0646. The smallest absolute Gasteiger partial charge is 0.271 e. The van der Waals surface area contributed by atoms with E-state index >= 15 is 0 Å². The molecule has 3 unspecified atom stereocenters. The van der Waals surface area contributed by atoms with Crippen LogP contribution in [-0.4, -0.2) is 43.1 Å². The number of rotatable bonds is 1. The fraction of sp³-hybridized carbons (Fsp3) is 0.435. The molecule has 0 radical (unpaired) electrons. The summed E-state index contributed by atoms with van der Waals surface area (Å²) in [6, 6.07) is 4.85. The second-order valence-electron chi connectivity index (χ2n) is 9.09. The van der Waals surface area contributed by atoms with Gasteiger partial charge in [-0.3, -0.25) is 14.8 Å². The summed E-state index contributed by atoms with van der Waals surface area (Å²) in [7, 11) is -3.32. The van der Waals surface area contributed by atoms with E-state index in [-0.39, 0.29) is 11.7 Å². The molecule has 9 nitrogen and oxygen atoms in total. The number of sulfone groups is 1. The zero-order valence-electron chi connectivity index (χ0n) is 19.0.